The standard InChI is InChI=1S/C26H33N5O/c1-28-23-17-26(22-5-3-2-4-21(22)23)9-14-31(15-10-26)25(32)20-7-12-30(13-8-20)18-19-6-11-29-24(27)16-19/h2-6,11,16,20H,7-10,12-15,17-18H2,1H3,(H2,27,29). The van der Waals surface area contributed by atoms with Gasteiger partial charge in [-0.05, 0) is 74.0 Å². The molecule has 2 aromatic rings. The number of nitrogen functional groups attached to an aromatic ring is 1. The molecule has 3 aliphatic rings. The Morgan fingerprint density at radius 2 is 1.91 bits per heavy atom. The Balaban J connectivity index is 1.17. The molecule has 32 heavy (non-hydrogen) atoms. The first-order valence-corrected chi connectivity index (χ1v) is 11.8. The zero-order valence-electron chi connectivity index (χ0n) is 19.0. The lowest BCUT2D eigenvalue weighted by molar-refractivity contribution is -0.138. The molecule has 2 N–H and O–H groups in total. The van der Waals surface area contributed by atoms with Crippen molar-refractivity contribution in [2.45, 2.75) is 44.1 Å². The highest BCUT2D eigenvalue weighted by atomic mass is 16.2. The van der Waals surface area contributed by atoms with Gasteiger partial charge in [-0.15, -0.1) is 0 Å². The van der Waals surface area contributed by atoms with Crippen molar-refractivity contribution in [3.05, 3.63) is 59.3 Å². The monoisotopic (exact) mass is 431 g/mol. The van der Waals surface area contributed by atoms with Gasteiger partial charge in [0.15, 0.2) is 0 Å². The number of likely N-dealkylation sites (tertiary alicyclic amines) is 2. The fourth-order valence-corrected chi connectivity index (χ4v) is 5.96. The van der Waals surface area contributed by atoms with E-state index in [4.69, 9.17) is 5.73 Å². The van der Waals surface area contributed by atoms with Crippen LogP contribution in [-0.4, -0.2) is 59.6 Å². The van der Waals surface area contributed by atoms with Crippen LogP contribution in [0.15, 0.2) is 47.6 Å². The lowest BCUT2D eigenvalue weighted by Crippen LogP contribution is -2.48. The Morgan fingerprint density at radius 1 is 1.16 bits per heavy atom. The molecule has 1 aliphatic carbocycles. The van der Waals surface area contributed by atoms with Crippen LogP contribution in [-0.2, 0) is 16.8 Å². The summed E-state index contributed by atoms with van der Waals surface area (Å²) in [6.45, 7) is 4.52. The SMILES string of the molecule is CN=C1CC2(CCN(C(=O)C3CCN(Cc4ccnc(N)c4)CC3)CC2)c2ccccc21. The molecule has 168 valence electrons. The molecule has 0 unspecified atom stereocenters. The molecule has 2 saturated heterocycles. The second-order valence-electron chi connectivity index (χ2n) is 9.64. The molecule has 0 bridgehead atoms. The predicted molar refractivity (Wildman–Crippen MR) is 128 cm³/mol. The number of hydrogen-bond donors (Lipinski definition) is 1. The Hall–Kier alpha value is -2.73. The first-order valence-electron chi connectivity index (χ1n) is 11.8. The molecule has 1 aromatic carbocycles. The highest BCUT2D eigenvalue weighted by Crippen LogP contribution is 2.46. The molecular weight excluding hydrogens is 398 g/mol. The van der Waals surface area contributed by atoms with E-state index in [2.05, 4.69) is 44.0 Å². The predicted octanol–water partition coefficient (Wildman–Crippen LogP) is 3.26. The average molecular weight is 432 g/mol. The number of amides is 1. The van der Waals surface area contributed by atoms with Crippen LogP contribution in [0.3, 0.4) is 0 Å². The number of hydrogen-bond acceptors (Lipinski definition) is 5. The summed E-state index contributed by atoms with van der Waals surface area (Å²) in [5.41, 5.74) is 11.1. The molecule has 6 nitrogen and oxygen atoms in total. The lowest BCUT2D eigenvalue weighted by Gasteiger charge is -2.42. The number of carbonyl (C=O) groups is 1. The van der Waals surface area contributed by atoms with E-state index >= 15 is 0 Å². The van der Waals surface area contributed by atoms with E-state index in [0.717, 1.165) is 64.8 Å². The fourth-order valence-electron chi connectivity index (χ4n) is 5.96. The van der Waals surface area contributed by atoms with Crippen LogP contribution >= 0.6 is 0 Å². The van der Waals surface area contributed by atoms with E-state index in [1.165, 1.54) is 22.4 Å². The molecule has 2 aliphatic heterocycles. The van der Waals surface area contributed by atoms with Crippen LogP contribution in [0.2, 0.25) is 0 Å². The van der Waals surface area contributed by atoms with Gasteiger partial charge in [-0.1, -0.05) is 24.3 Å². The van der Waals surface area contributed by atoms with Crippen molar-refractivity contribution < 1.29 is 4.79 Å². The van der Waals surface area contributed by atoms with Crippen LogP contribution in [0.5, 0.6) is 0 Å². The maximum atomic E-state index is 13.3. The van der Waals surface area contributed by atoms with Crippen molar-refractivity contribution in [1.29, 1.82) is 0 Å². The summed E-state index contributed by atoms with van der Waals surface area (Å²) in [7, 11) is 1.90. The van der Waals surface area contributed by atoms with Crippen LogP contribution in [0, 0.1) is 5.92 Å². The van der Waals surface area contributed by atoms with E-state index in [1.807, 2.05) is 19.2 Å². The third-order valence-electron chi connectivity index (χ3n) is 7.81. The van der Waals surface area contributed by atoms with E-state index in [0.29, 0.717) is 11.7 Å². The molecule has 0 atom stereocenters. The molecule has 3 heterocycles. The molecular formula is C26H33N5O. The van der Waals surface area contributed by atoms with Crippen molar-refractivity contribution in [2.75, 3.05) is 39.0 Å². The topological polar surface area (TPSA) is 74.8 Å². The van der Waals surface area contributed by atoms with Crippen molar-refractivity contribution in [3.63, 3.8) is 0 Å². The van der Waals surface area contributed by atoms with Gasteiger partial charge in [0.2, 0.25) is 5.91 Å². The number of aromatic nitrogens is 1. The van der Waals surface area contributed by atoms with E-state index in [-0.39, 0.29) is 11.3 Å². The van der Waals surface area contributed by atoms with Crippen LogP contribution in [0.25, 0.3) is 0 Å². The third kappa shape index (κ3) is 3.92. The van der Waals surface area contributed by atoms with Gasteiger partial charge in [-0.3, -0.25) is 14.7 Å². The van der Waals surface area contributed by atoms with Crippen LogP contribution < -0.4 is 5.73 Å². The smallest absolute Gasteiger partial charge is 0.225 e. The summed E-state index contributed by atoms with van der Waals surface area (Å²) < 4.78 is 0. The number of fused-ring (bicyclic) bond motifs is 2. The minimum absolute atomic E-state index is 0.159. The average Bonchev–Trinajstić information content (AvgIpc) is 3.13. The molecule has 0 saturated carbocycles. The number of aliphatic imine (C=N–C) groups is 1. The van der Waals surface area contributed by atoms with Gasteiger partial charge >= 0.3 is 0 Å². The van der Waals surface area contributed by atoms with E-state index < -0.39 is 0 Å². The van der Waals surface area contributed by atoms with Gasteiger partial charge in [0.1, 0.15) is 5.82 Å². The van der Waals surface area contributed by atoms with Crippen LogP contribution in [0.4, 0.5) is 5.82 Å². The molecule has 1 spiro atoms. The maximum Gasteiger partial charge on any atom is 0.225 e. The van der Waals surface area contributed by atoms with Gasteiger partial charge in [0.25, 0.3) is 0 Å². The van der Waals surface area contributed by atoms with E-state index in [9.17, 15) is 4.79 Å². The number of piperidine rings is 2. The molecule has 1 amide bonds. The summed E-state index contributed by atoms with van der Waals surface area (Å²) in [4.78, 5) is 26.5. The molecule has 6 heteroatoms. The highest BCUT2D eigenvalue weighted by Gasteiger charge is 2.45. The van der Waals surface area contributed by atoms with Gasteiger partial charge in [0.05, 0.1) is 0 Å². The lowest BCUT2D eigenvalue weighted by atomic mass is 9.73. The fraction of sp³-hybridized carbons (Fsp3) is 0.500. The number of rotatable bonds is 3. The Morgan fingerprint density at radius 3 is 2.62 bits per heavy atom. The minimum atomic E-state index is 0.159. The van der Waals surface area contributed by atoms with Gasteiger partial charge in [0, 0.05) is 49.9 Å². The number of nitrogens with zero attached hydrogens (tertiary/aromatic N) is 4. The quantitative estimate of drug-likeness (QED) is 0.809. The minimum Gasteiger partial charge on any atom is -0.384 e. The second kappa shape index (κ2) is 8.66. The third-order valence-corrected chi connectivity index (χ3v) is 7.81. The van der Waals surface area contributed by atoms with E-state index in [1.54, 1.807) is 6.20 Å². The number of carbonyl (C=O) groups excluding carboxylic acids is 1. The Bertz CT molecular complexity index is 1020. The normalized spacial score (nSPS) is 22.4. The first kappa shape index (κ1) is 21.1. The molecule has 2 fully saturated rings. The highest BCUT2D eigenvalue weighted by molar-refractivity contribution is 6.06. The van der Waals surface area contributed by atoms with Crippen molar-refractivity contribution in [2.24, 2.45) is 10.9 Å². The summed E-state index contributed by atoms with van der Waals surface area (Å²) >= 11 is 0. The number of nitrogens with two attached hydrogens (primary N) is 1. The molecule has 5 rings (SSSR count). The number of benzene rings is 1. The number of anilines is 1. The zero-order chi connectivity index (χ0) is 22.1. The van der Waals surface area contributed by atoms with Crippen LogP contribution in [0.1, 0.15) is 48.8 Å². The van der Waals surface area contributed by atoms with Crippen molar-refractivity contribution in [3.8, 4) is 0 Å². The van der Waals surface area contributed by atoms with Crippen molar-refractivity contribution in [1.82, 2.24) is 14.8 Å². The molecule has 0 radical (unpaired) electrons. The summed E-state index contributed by atoms with van der Waals surface area (Å²) in [6.07, 6.45) is 6.74. The van der Waals surface area contributed by atoms with Gasteiger partial charge in [-0.25, -0.2) is 4.98 Å². The van der Waals surface area contributed by atoms with Gasteiger partial charge in [-0.2, -0.15) is 0 Å². The summed E-state index contributed by atoms with van der Waals surface area (Å²) in [5, 5.41) is 0. The summed E-state index contributed by atoms with van der Waals surface area (Å²) in [6, 6.07) is 12.7. The second-order valence-corrected chi connectivity index (χ2v) is 9.64. The van der Waals surface area contributed by atoms with Gasteiger partial charge < -0.3 is 10.6 Å². The Labute approximate surface area is 190 Å². The maximum absolute atomic E-state index is 13.3. The molecule has 1 aromatic heterocycles. The van der Waals surface area contributed by atoms with Crippen molar-refractivity contribution >= 4 is 17.4 Å². The zero-order valence-corrected chi connectivity index (χ0v) is 19.0. The summed E-state index contributed by atoms with van der Waals surface area (Å²) in [5.74, 6) is 1.09. The first-order chi connectivity index (χ1) is 15.6. The largest absolute Gasteiger partial charge is 0.384 e. The Kier molecular flexibility index (Phi) is 5.72. The number of pyridine rings is 1.